The molecule has 2 nitrogen and oxygen atoms in total. The van der Waals surface area contributed by atoms with Crippen LogP contribution in [0.5, 0.6) is 5.75 Å². The summed E-state index contributed by atoms with van der Waals surface area (Å²) in [6.45, 7) is 6.32. The van der Waals surface area contributed by atoms with Crippen molar-refractivity contribution in [3.8, 4) is 5.75 Å². The Kier molecular flexibility index (Phi) is 3.14. The smallest absolute Gasteiger partial charge is 0.142 e. The van der Waals surface area contributed by atoms with Crippen molar-refractivity contribution in [1.29, 1.82) is 0 Å². The Bertz CT molecular complexity index is 335. The van der Waals surface area contributed by atoms with Gasteiger partial charge >= 0.3 is 0 Å². The minimum absolute atomic E-state index is 0.625. The molecule has 0 saturated carbocycles. The van der Waals surface area contributed by atoms with Crippen LogP contribution in [-0.2, 0) is 0 Å². The number of hydrogen-bond acceptors (Lipinski definition) is 2. The highest BCUT2D eigenvalue weighted by molar-refractivity contribution is 5.59. The zero-order chi connectivity index (χ0) is 10.7. The van der Waals surface area contributed by atoms with E-state index in [0.29, 0.717) is 5.92 Å². The van der Waals surface area contributed by atoms with Gasteiger partial charge in [-0.1, -0.05) is 19.9 Å². The molecule has 1 unspecified atom stereocenters. The predicted octanol–water partition coefficient (Wildman–Crippen LogP) is 3.39. The van der Waals surface area contributed by atoms with Crippen molar-refractivity contribution in [3.05, 3.63) is 23.8 Å². The second-order valence-electron chi connectivity index (χ2n) is 4.19. The highest BCUT2D eigenvalue weighted by Crippen LogP contribution is 2.31. The van der Waals surface area contributed by atoms with Crippen molar-refractivity contribution in [2.24, 2.45) is 0 Å². The van der Waals surface area contributed by atoms with E-state index >= 15 is 0 Å². The van der Waals surface area contributed by atoms with Crippen molar-refractivity contribution < 1.29 is 4.74 Å². The summed E-state index contributed by atoms with van der Waals surface area (Å²) in [5.74, 6) is 1.62. The van der Waals surface area contributed by atoms with Gasteiger partial charge in [0.1, 0.15) is 5.75 Å². The fourth-order valence-electron chi connectivity index (χ4n) is 1.83. The highest BCUT2D eigenvalue weighted by atomic mass is 16.5. The van der Waals surface area contributed by atoms with Gasteiger partial charge in [0.2, 0.25) is 0 Å². The van der Waals surface area contributed by atoms with Gasteiger partial charge in [-0.15, -0.1) is 0 Å². The molecule has 1 aromatic carbocycles. The average Bonchev–Trinajstić information content (AvgIpc) is 2.51. The van der Waals surface area contributed by atoms with Crippen molar-refractivity contribution in [2.75, 3.05) is 18.5 Å². The van der Waals surface area contributed by atoms with E-state index in [1.54, 1.807) is 0 Å². The summed E-state index contributed by atoms with van der Waals surface area (Å²) in [6.07, 6.45) is 2.26. The lowest BCUT2D eigenvalue weighted by Crippen LogP contribution is -2.00. The third-order valence-corrected chi connectivity index (χ3v) is 3.08. The van der Waals surface area contributed by atoms with Crippen LogP contribution in [0.25, 0.3) is 0 Å². The first-order valence-corrected chi connectivity index (χ1v) is 5.82. The van der Waals surface area contributed by atoms with Crippen LogP contribution < -0.4 is 10.1 Å². The summed E-state index contributed by atoms with van der Waals surface area (Å²) in [5, 5.41) is 3.42. The largest absolute Gasteiger partial charge is 0.491 e. The molecule has 15 heavy (non-hydrogen) atoms. The molecule has 1 N–H and O–H groups in total. The number of rotatable bonds is 2. The first-order valence-electron chi connectivity index (χ1n) is 5.82. The molecule has 0 saturated heterocycles. The minimum atomic E-state index is 0.625. The van der Waals surface area contributed by atoms with Crippen LogP contribution in [0.15, 0.2) is 18.2 Å². The van der Waals surface area contributed by atoms with Crippen molar-refractivity contribution in [3.63, 3.8) is 0 Å². The number of ether oxygens (including phenoxy) is 1. The summed E-state index contributed by atoms with van der Waals surface area (Å²) in [5.41, 5.74) is 2.56. The monoisotopic (exact) mass is 205 g/mol. The molecule has 0 bridgehead atoms. The van der Waals surface area contributed by atoms with Gasteiger partial charge in [0.25, 0.3) is 0 Å². The standard InChI is InChI=1S/C13H19NO/c1-3-10(2)11-5-6-13-12(9-11)14-7-4-8-15-13/h5-6,9-10,14H,3-4,7-8H2,1-2H3. The molecule has 2 rings (SSSR count). The molecular weight excluding hydrogens is 186 g/mol. The van der Waals surface area contributed by atoms with E-state index in [-0.39, 0.29) is 0 Å². The number of benzene rings is 1. The Morgan fingerprint density at radius 1 is 1.47 bits per heavy atom. The lowest BCUT2D eigenvalue weighted by atomic mass is 9.98. The zero-order valence-electron chi connectivity index (χ0n) is 9.55. The molecule has 2 heteroatoms. The topological polar surface area (TPSA) is 21.3 Å². The zero-order valence-corrected chi connectivity index (χ0v) is 9.55. The molecule has 0 amide bonds. The Morgan fingerprint density at radius 3 is 3.13 bits per heavy atom. The number of hydrogen-bond donors (Lipinski definition) is 1. The Hall–Kier alpha value is -1.18. The Labute approximate surface area is 91.6 Å². The second kappa shape index (κ2) is 4.56. The van der Waals surface area contributed by atoms with Gasteiger partial charge < -0.3 is 10.1 Å². The second-order valence-corrected chi connectivity index (χ2v) is 4.19. The van der Waals surface area contributed by atoms with E-state index in [0.717, 1.165) is 31.0 Å². The molecule has 0 aromatic heterocycles. The van der Waals surface area contributed by atoms with Crippen LogP contribution in [0.3, 0.4) is 0 Å². The van der Waals surface area contributed by atoms with Crippen LogP contribution in [0.2, 0.25) is 0 Å². The van der Waals surface area contributed by atoms with Gasteiger partial charge in [-0.05, 0) is 36.5 Å². The Balaban J connectivity index is 2.27. The SMILES string of the molecule is CCC(C)c1ccc2c(c1)NCCCO2. The molecule has 1 heterocycles. The van der Waals surface area contributed by atoms with Gasteiger partial charge in [-0.3, -0.25) is 0 Å². The molecule has 0 fully saturated rings. The van der Waals surface area contributed by atoms with Gasteiger partial charge in [-0.2, -0.15) is 0 Å². The van der Waals surface area contributed by atoms with E-state index in [4.69, 9.17) is 4.74 Å². The first kappa shape index (κ1) is 10.3. The van der Waals surface area contributed by atoms with Crippen molar-refractivity contribution >= 4 is 5.69 Å². The predicted molar refractivity (Wildman–Crippen MR) is 63.7 cm³/mol. The third-order valence-electron chi connectivity index (χ3n) is 3.08. The number of anilines is 1. The van der Waals surface area contributed by atoms with Crippen LogP contribution in [0.4, 0.5) is 5.69 Å². The number of nitrogens with one attached hydrogen (secondary N) is 1. The molecule has 0 radical (unpaired) electrons. The summed E-state index contributed by atoms with van der Waals surface area (Å²) < 4.78 is 5.65. The molecular formula is C13H19NO. The normalized spacial score (nSPS) is 16.9. The quantitative estimate of drug-likeness (QED) is 0.799. The van der Waals surface area contributed by atoms with Crippen LogP contribution in [-0.4, -0.2) is 13.2 Å². The first-order chi connectivity index (χ1) is 7.31. The molecule has 1 aliphatic rings. The third kappa shape index (κ3) is 2.25. The lowest BCUT2D eigenvalue weighted by Gasteiger charge is -2.13. The van der Waals surface area contributed by atoms with E-state index in [1.165, 1.54) is 12.0 Å². The molecule has 82 valence electrons. The van der Waals surface area contributed by atoms with E-state index in [9.17, 15) is 0 Å². The average molecular weight is 205 g/mol. The fourth-order valence-corrected chi connectivity index (χ4v) is 1.83. The molecule has 1 aromatic rings. The maximum atomic E-state index is 5.65. The van der Waals surface area contributed by atoms with Gasteiger partial charge in [0, 0.05) is 6.54 Å². The van der Waals surface area contributed by atoms with E-state index in [2.05, 4.69) is 37.4 Å². The summed E-state index contributed by atoms with van der Waals surface area (Å²) in [7, 11) is 0. The molecule has 1 atom stereocenters. The maximum Gasteiger partial charge on any atom is 0.142 e. The Morgan fingerprint density at radius 2 is 2.33 bits per heavy atom. The number of fused-ring (bicyclic) bond motifs is 1. The van der Waals surface area contributed by atoms with Crippen LogP contribution >= 0.6 is 0 Å². The van der Waals surface area contributed by atoms with Crippen LogP contribution in [0, 0.1) is 0 Å². The fraction of sp³-hybridized carbons (Fsp3) is 0.538. The minimum Gasteiger partial charge on any atom is -0.491 e. The highest BCUT2D eigenvalue weighted by Gasteiger charge is 2.10. The molecule has 1 aliphatic heterocycles. The molecule has 0 spiro atoms. The van der Waals surface area contributed by atoms with Crippen molar-refractivity contribution in [2.45, 2.75) is 32.6 Å². The van der Waals surface area contributed by atoms with Crippen molar-refractivity contribution in [1.82, 2.24) is 0 Å². The lowest BCUT2D eigenvalue weighted by molar-refractivity contribution is 0.323. The van der Waals surface area contributed by atoms with E-state index < -0.39 is 0 Å². The van der Waals surface area contributed by atoms with Gasteiger partial charge in [-0.25, -0.2) is 0 Å². The van der Waals surface area contributed by atoms with E-state index in [1.807, 2.05) is 0 Å². The maximum absolute atomic E-state index is 5.65. The van der Waals surface area contributed by atoms with Gasteiger partial charge in [0.15, 0.2) is 0 Å². The van der Waals surface area contributed by atoms with Gasteiger partial charge in [0.05, 0.1) is 12.3 Å². The van der Waals surface area contributed by atoms with Crippen LogP contribution in [0.1, 0.15) is 38.2 Å². The molecule has 0 aliphatic carbocycles. The summed E-state index contributed by atoms with van der Waals surface area (Å²) >= 11 is 0. The summed E-state index contributed by atoms with van der Waals surface area (Å²) in [6, 6.07) is 6.50. The summed E-state index contributed by atoms with van der Waals surface area (Å²) in [4.78, 5) is 0.